The van der Waals surface area contributed by atoms with Gasteiger partial charge in [-0.25, -0.2) is 0 Å². The Kier molecular flexibility index (Phi) is 6.81. The molecule has 1 fully saturated rings. The fourth-order valence-electron chi connectivity index (χ4n) is 3.66. The van der Waals surface area contributed by atoms with Crippen molar-refractivity contribution in [2.24, 2.45) is 5.73 Å². The molecule has 0 spiro atoms. The molecule has 7 nitrogen and oxygen atoms in total. The molecule has 150 valence electrons. The van der Waals surface area contributed by atoms with Crippen LogP contribution in [0.15, 0.2) is 36.5 Å². The molecule has 1 aliphatic heterocycles. The molecule has 2 amide bonds. The molecule has 1 saturated heterocycles. The minimum Gasteiger partial charge on any atom is -0.354 e. The number of hydrogen-bond donors (Lipinski definition) is 2. The maximum Gasteiger partial charge on any atom is 0.257 e. The predicted molar refractivity (Wildman–Crippen MR) is 108 cm³/mol. The van der Waals surface area contributed by atoms with E-state index in [1.165, 1.54) is 0 Å². The number of likely N-dealkylation sites (tertiary alicyclic amines) is 1. The third kappa shape index (κ3) is 4.78. The molecular formula is C21H29N5O2. The number of benzene rings is 1. The van der Waals surface area contributed by atoms with Crippen LogP contribution < -0.4 is 11.1 Å². The lowest BCUT2D eigenvalue weighted by Crippen LogP contribution is -2.49. The first-order valence-electron chi connectivity index (χ1n) is 9.94. The first kappa shape index (κ1) is 20.1. The van der Waals surface area contributed by atoms with E-state index in [0.29, 0.717) is 38.2 Å². The number of nitrogens with one attached hydrogen (secondary N) is 1. The Bertz CT molecular complexity index is 802. The predicted octanol–water partition coefficient (Wildman–Crippen LogP) is 1.70. The highest BCUT2D eigenvalue weighted by Gasteiger charge is 2.29. The minimum absolute atomic E-state index is 0.00501. The quantitative estimate of drug-likeness (QED) is 0.761. The first-order chi connectivity index (χ1) is 13.6. The van der Waals surface area contributed by atoms with Gasteiger partial charge in [-0.3, -0.25) is 14.3 Å². The van der Waals surface area contributed by atoms with Crippen molar-refractivity contribution in [3.05, 3.63) is 53.3 Å². The molecule has 1 unspecified atom stereocenters. The average molecular weight is 383 g/mol. The Balaban J connectivity index is 1.70. The fourth-order valence-corrected chi connectivity index (χ4v) is 3.66. The van der Waals surface area contributed by atoms with E-state index in [4.69, 9.17) is 5.73 Å². The standard InChI is InChI=1S/C21H29N5O2/c1-16-19(14-24-26(16)15-17-7-3-2-4-8-17)21(28)25-12-6-5-9-18(25)13-23-20(27)10-11-22/h2-4,7-8,14,18H,5-6,9-13,15,22H2,1H3,(H,23,27). The fraction of sp³-hybridized carbons (Fsp3) is 0.476. The van der Waals surface area contributed by atoms with Crippen LogP contribution in [0.2, 0.25) is 0 Å². The van der Waals surface area contributed by atoms with Gasteiger partial charge < -0.3 is 16.0 Å². The summed E-state index contributed by atoms with van der Waals surface area (Å²) in [5, 5.41) is 7.34. The molecule has 1 atom stereocenters. The summed E-state index contributed by atoms with van der Waals surface area (Å²) >= 11 is 0. The second kappa shape index (κ2) is 9.50. The maximum absolute atomic E-state index is 13.2. The number of rotatable bonds is 7. The van der Waals surface area contributed by atoms with Crippen molar-refractivity contribution in [2.75, 3.05) is 19.6 Å². The average Bonchev–Trinajstić information content (AvgIpc) is 3.07. The molecule has 0 aliphatic carbocycles. The van der Waals surface area contributed by atoms with E-state index in [2.05, 4.69) is 10.4 Å². The van der Waals surface area contributed by atoms with Crippen LogP contribution in [0.5, 0.6) is 0 Å². The molecule has 0 bridgehead atoms. The third-order valence-electron chi connectivity index (χ3n) is 5.30. The monoisotopic (exact) mass is 383 g/mol. The van der Waals surface area contributed by atoms with Crippen LogP contribution in [0.3, 0.4) is 0 Å². The normalized spacial score (nSPS) is 16.8. The maximum atomic E-state index is 13.2. The molecule has 0 radical (unpaired) electrons. The van der Waals surface area contributed by atoms with Gasteiger partial charge in [0, 0.05) is 37.8 Å². The Hall–Kier alpha value is -2.67. The number of carbonyl (C=O) groups is 2. The van der Waals surface area contributed by atoms with Crippen molar-refractivity contribution in [3.63, 3.8) is 0 Å². The van der Waals surface area contributed by atoms with Gasteiger partial charge in [0.05, 0.1) is 18.3 Å². The summed E-state index contributed by atoms with van der Waals surface area (Å²) in [6.45, 7) is 4.09. The molecule has 2 aromatic rings. The number of aromatic nitrogens is 2. The summed E-state index contributed by atoms with van der Waals surface area (Å²) in [5.74, 6) is -0.0677. The SMILES string of the molecule is Cc1c(C(=O)N2CCCCC2CNC(=O)CCN)cnn1Cc1ccccc1. The Labute approximate surface area is 165 Å². The third-order valence-corrected chi connectivity index (χ3v) is 5.30. The first-order valence-corrected chi connectivity index (χ1v) is 9.94. The lowest BCUT2D eigenvalue weighted by atomic mass is 10.0. The number of amides is 2. The van der Waals surface area contributed by atoms with Gasteiger partial charge in [-0.1, -0.05) is 30.3 Å². The number of piperidine rings is 1. The van der Waals surface area contributed by atoms with Gasteiger partial charge in [0.2, 0.25) is 5.91 Å². The Morgan fingerprint density at radius 2 is 2.04 bits per heavy atom. The van der Waals surface area contributed by atoms with Crippen molar-refractivity contribution < 1.29 is 9.59 Å². The second-order valence-corrected chi connectivity index (χ2v) is 7.28. The smallest absolute Gasteiger partial charge is 0.257 e. The summed E-state index contributed by atoms with van der Waals surface area (Å²) in [5.41, 5.74) is 8.08. The molecule has 1 aliphatic rings. The summed E-state index contributed by atoms with van der Waals surface area (Å²) in [6, 6.07) is 10.1. The molecule has 2 heterocycles. The zero-order chi connectivity index (χ0) is 19.9. The van der Waals surface area contributed by atoms with Crippen molar-refractivity contribution in [1.29, 1.82) is 0 Å². The van der Waals surface area contributed by atoms with Crippen LogP contribution in [0.25, 0.3) is 0 Å². The Morgan fingerprint density at radius 1 is 1.25 bits per heavy atom. The minimum atomic E-state index is -0.0627. The van der Waals surface area contributed by atoms with Gasteiger partial charge in [0.25, 0.3) is 5.91 Å². The summed E-state index contributed by atoms with van der Waals surface area (Å²) in [6.07, 6.45) is 4.92. The lowest BCUT2D eigenvalue weighted by molar-refractivity contribution is -0.121. The van der Waals surface area contributed by atoms with Crippen LogP contribution in [0.4, 0.5) is 0 Å². The van der Waals surface area contributed by atoms with Gasteiger partial charge in [-0.15, -0.1) is 0 Å². The highest BCUT2D eigenvalue weighted by Crippen LogP contribution is 2.21. The topological polar surface area (TPSA) is 93.2 Å². The molecule has 0 saturated carbocycles. The van der Waals surface area contributed by atoms with Crippen LogP contribution in [0, 0.1) is 6.92 Å². The highest BCUT2D eigenvalue weighted by molar-refractivity contribution is 5.95. The number of nitrogens with two attached hydrogens (primary N) is 1. The van der Waals surface area contributed by atoms with Crippen LogP contribution >= 0.6 is 0 Å². The molecule has 1 aromatic heterocycles. The number of nitrogens with zero attached hydrogens (tertiary/aromatic N) is 3. The van der Waals surface area contributed by atoms with E-state index in [9.17, 15) is 9.59 Å². The van der Waals surface area contributed by atoms with Crippen LogP contribution in [-0.4, -0.2) is 52.2 Å². The van der Waals surface area contributed by atoms with Crippen molar-refractivity contribution in [2.45, 2.75) is 45.2 Å². The molecule has 3 N–H and O–H groups in total. The molecule has 3 rings (SSSR count). The van der Waals surface area contributed by atoms with Crippen LogP contribution in [-0.2, 0) is 11.3 Å². The van der Waals surface area contributed by atoms with Crippen molar-refractivity contribution in [1.82, 2.24) is 20.0 Å². The number of carbonyl (C=O) groups excluding carboxylic acids is 2. The molecule has 1 aromatic carbocycles. The largest absolute Gasteiger partial charge is 0.354 e. The van der Waals surface area contributed by atoms with Gasteiger partial charge in [0.15, 0.2) is 0 Å². The van der Waals surface area contributed by atoms with E-state index >= 15 is 0 Å². The zero-order valence-electron chi connectivity index (χ0n) is 16.4. The van der Waals surface area contributed by atoms with E-state index in [1.807, 2.05) is 46.8 Å². The van der Waals surface area contributed by atoms with Crippen LogP contribution in [0.1, 0.15) is 47.3 Å². The number of hydrogen-bond acceptors (Lipinski definition) is 4. The second-order valence-electron chi connectivity index (χ2n) is 7.28. The van der Waals surface area contributed by atoms with Gasteiger partial charge >= 0.3 is 0 Å². The van der Waals surface area contributed by atoms with E-state index in [-0.39, 0.29) is 17.9 Å². The summed E-state index contributed by atoms with van der Waals surface area (Å²) in [7, 11) is 0. The van der Waals surface area contributed by atoms with Gasteiger partial charge in [-0.2, -0.15) is 5.10 Å². The van der Waals surface area contributed by atoms with Gasteiger partial charge in [-0.05, 0) is 31.7 Å². The molecular weight excluding hydrogens is 354 g/mol. The Morgan fingerprint density at radius 3 is 2.79 bits per heavy atom. The van der Waals surface area contributed by atoms with E-state index < -0.39 is 0 Å². The molecule has 28 heavy (non-hydrogen) atoms. The van der Waals surface area contributed by atoms with Gasteiger partial charge in [0.1, 0.15) is 0 Å². The van der Waals surface area contributed by atoms with Crippen molar-refractivity contribution >= 4 is 11.8 Å². The van der Waals surface area contributed by atoms with E-state index in [0.717, 1.165) is 30.5 Å². The lowest BCUT2D eigenvalue weighted by Gasteiger charge is -2.36. The highest BCUT2D eigenvalue weighted by atomic mass is 16.2. The summed E-state index contributed by atoms with van der Waals surface area (Å²) < 4.78 is 1.87. The zero-order valence-corrected chi connectivity index (χ0v) is 16.4. The van der Waals surface area contributed by atoms with Crippen molar-refractivity contribution in [3.8, 4) is 0 Å². The molecule has 7 heteroatoms. The summed E-state index contributed by atoms with van der Waals surface area (Å²) in [4.78, 5) is 26.9. The van der Waals surface area contributed by atoms with E-state index in [1.54, 1.807) is 6.20 Å².